The van der Waals surface area contributed by atoms with E-state index in [-0.39, 0.29) is 0 Å². The number of hydrogen-bond acceptors (Lipinski definition) is 2. The van der Waals surface area contributed by atoms with E-state index in [9.17, 15) is 0 Å². The lowest BCUT2D eigenvalue weighted by atomic mass is 10.1. The first-order chi connectivity index (χ1) is 10.3. The van der Waals surface area contributed by atoms with Gasteiger partial charge in [0, 0.05) is 27.2 Å². The summed E-state index contributed by atoms with van der Waals surface area (Å²) in [6.45, 7) is 0.472. The molecule has 0 radical (unpaired) electrons. The van der Waals surface area contributed by atoms with Gasteiger partial charge in [-0.05, 0) is 24.3 Å². The molecule has 0 N–H and O–H groups in total. The minimum Gasteiger partial charge on any atom is -0.488 e. The molecule has 0 aliphatic heterocycles. The third-order valence-electron chi connectivity index (χ3n) is 3.27. The van der Waals surface area contributed by atoms with Gasteiger partial charge in [0.25, 0.3) is 0 Å². The molecule has 1 aromatic heterocycles. The summed E-state index contributed by atoms with van der Waals surface area (Å²) < 4.78 is 6.93. The maximum atomic E-state index is 5.97. The Hall–Kier alpha value is -1.58. The number of halogens is 2. The summed E-state index contributed by atoms with van der Waals surface area (Å²) in [5.41, 5.74) is 3.01. The van der Waals surface area contributed by atoms with Gasteiger partial charge in [0.15, 0.2) is 0 Å². The van der Waals surface area contributed by atoms with E-state index in [0.717, 1.165) is 32.3 Å². The Morgan fingerprint density at radius 3 is 2.76 bits per heavy atom. The van der Waals surface area contributed by atoms with Gasteiger partial charge >= 0.3 is 0 Å². The number of benzene rings is 2. The van der Waals surface area contributed by atoms with Crippen LogP contribution in [0.4, 0.5) is 0 Å². The van der Waals surface area contributed by atoms with E-state index in [1.807, 2.05) is 36.4 Å². The van der Waals surface area contributed by atoms with E-state index in [2.05, 4.69) is 33.0 Å². The summed E-state index contributed by atoms with van der Waals surface area (Å²) in [6, 6.07) is 16.0. The molecule has 2 nitrogen and oxygen atoms in total. The van der Waals surface area contributed by atoms with Gasteiger partial charge < -0.3 is 4.74 Å². The van der Waals surface area contributed by atoms with Gasteiger partial charge in [0.1, 0.15) is 12.4 Å². The highest BCUT2D eigenvalue weighted by atomic mass is 79.9. The summed E-state index contributed by atoms with van der Waals surface area (Å²) in [5.74, 6) is 1.23. The molecule has 0 saturated carbocycles. The Kier molecular flexibility index (Phi) is 4.42. The van der Waals surface area contributed by atoms with Crippen molar-refractivity contribution in [2.75, 3.05) is 0 Å². The second-order valence-corrected chi connectivity index (χ2v) is 5.85. The molecule has 0 unspecified atom stereocenters. The fourth-order valence-corrected chi connectivity index (χ4v) is 2.85. The van der Waals surface area contributed by atoms with Crippen LogP contribution in [0.15, 0.2) is 59.2 Å². The number of aromatic nitrogens is 1. The molecule has 3 aromatic rings. The average Bonchev–Trinajstić information content (AvgIpc) is 2.53. The second kappa shape index (κ2) is 6.46. The van der Waals surface area contributed by atoms with Crippen LogP contribution in [-0.4, -0.2) is 4.98 Å². The van der Waals surface area contributed by atoms with Crippen molar-refractivity contribution < 1.29 is 4.74 Å². The zero-order valence-corrected chi connectivity index (χ0v) is 13.6. The monoisotopic (exact) mass is 361 g/mol. The fourth-order valence-electron chi connectivity index (χ4n) is 2.23. The molecular formula is C17H13BrClNO. The molecule has 0 spiro atoms. The Labute approximate surface area is 136 Å². The molecule has 0 saturated heterocycles. The zero-order chi connectivity index (χ0) is 14.7. The molecule has 0 fully saturated rings. The summed E-state index contributed by atoms with van der Waals surface area (Å²) in [5, 5.41) is 1.12. The topological polar surface area (TPSA) is 22.1 Å². The van der Waals surface area contributed by atoms with Crippen LogP contribution in [0.5, 0.6) is 5.75 Å². The summed E-state index contributed by atoms with van der Waals surface area (Å²) in [7, 11) is 0. The number of rotatable bonds is 4. The van der Waals surface area contributed by atoms with E-state index in [0.29, 0.717) is 12.5 Å². The van der Waals surface area contributed by atoms with E-state index in [4.69, 9.17) is 16.3 Å². The van der Waals surface area contributed by atoms with Gasteiger partial charge in [-0.3, -0.25) is 4.98 Å². The van der Waals surface area contributed by atoms with Crippen molar-refractivity contribution in [3.8, 4) is 5.75 Å². The normalized spacial score (nSPS) is 10.8. The van der Waals surface area contributed by atoms with Crippen molar-refractivity contribution in [2.24, 2.45) is 0 Å². The van der Waals surface area contributed by atoms with E-state index < -0.39 is 0 Å². The van der Waals surface area contributed by atoms with E-state index in [1.54, 1.807) is 6.20 Å². The quantitative estimate of drug-likeness (QED) is 0.586. The van der Waals surface area contributed by atoms with Crippen LogP contribution in [0.3, 0.4) is 0 Å². The van der Waals surface area contributed by atoms with E-state index >= 15 is 0 Å². The number of alkyl halides is 1. The number of pyridine rings is 1. The Balaban J connectivity index is 1.87. The first-order valence-electron chi connectivity index (χ1n) is 6.58. The molecule has 0 aliphatic carbocycles. The maximum absolute atomic E-state index is 5.97. The third-order valence-corrected chi connectivity index (χ3v) is 4.05. The van der Waals surface area contributed by atoms with Crippen LogP contribution in [0.25, 0.3) is 10.9 Å². The highest BCUT2D eigenvalue weighted by Crippen LogP contribution is 2.26. The van der Waals surface area contributed by atoms with Gasteiger partial charge in [-0.2, -0.15) is 0 Å². The van der Waals surface area contributed by atoms with Crippen molar-refractivity contribution in [2.45, 2.75) is 12.5 Å². The lowest BCUT2D eigenvalue weighted by molar-refractivity contribution is 0.305. The molecule has 0 atom stereocenters. The first kappa shape index (κ1) is 14.4. The molecule has 0 aliphatic rings. The van der Waals surface area contributed by atoms with Gasteiger partial charge in [-0.15, -0.1) is 11.6 Å². The molecule has 21 heavy (non-hydrogen) atoms. The van der Waals surface area contributed by atoms with Crippen molar-refractivity contribution in [3.05, 3.63) is 70.3 Å². The zero-order valence-electron chi connectivity index (χ0n) is 11.2. The number of para-hydroxylation sites is 1. The Morgan fingerprint density at radius 1 is 1.05 bits per heavy atom. The third kappa shape index (κ3) is 3.20. The van der Waals surface area contributed by atoms with Crippen LogP contribution < -0.4 is 4.74 Å². The Morgan fingerprint density at radius 2 is 1.90 bits per heavy atom. The van der Waals surface area contributed by atoms with Crippen LogP contribution in [0.1, 0.15) is 11.1 Å². The SMILES string of the molecule is ClCc1cc(Br)ccc1OCc1cccc2cccnc12. The van der Waals surface area contributed by atoms with Gasteiger partial charge in [-0.25, -0.2) is 0 Å². The minimum absolute atomic E-state index is 0.419. The highest BCUT2D eigenvalue weighted by Gasteiger charge is 2.06. The van der Waals surface area contributed by atoms with Crippen molar-refractivity contribution in [1.29, 1.82) is 0 Å². The molecule has 0 bridgehead atoms. The first-order valence-corrected chi connectivity index (χ1v) is 7.90. The van der Waals surface area contributed by atoms with Gasteiger partial charge in [0.05, 0.1) is 11.4 Å². The van der Waals surface area contributed by atoms with Gasteiger partial charge in [0.2, 0.25) is 0 Å². The molecule has 1 heterocycles. The fraction of sp³-hybridized carbons (Fsp3) is 0.118. The van der Waals surface area contributed by atoms with Crippen LogP contribution in [-0.2, 0) is 12.5 Å². The molecule has 2 aromatic carbocycles. The summed E-state index contributed by atoms with van der Waals surface area (Å²) in [4.78, 5) is 4.44. The van der Waals surface area contributed by atoms with Crippen molar-refractivity contribution in [1.82, 2.24) is 4.98 Å². The molecule has 4 heteroatoms. The molecular weight excluding hydrogens is 350 g/mol. The minimum atomic E-state index is 0.419. The number of ether oxygens (including phenoxy) is 1. The number of hydrogen-bond donors (Lipinski definition) is 0. The van der Waals surface area contributed by atoms with Gasteiger partial charge in [-0.1, -0.05) is 40.2 Å². The Bertz CT molecular complexity index is 770. The number of fused-ring (bicyclic) bond motifs is 1. The standard InChI is InChI=1S/C17H13BrClNO/c18-15-6-7-16(14(9-15)10-19)21-11-13-4-1-3-12-5-2-8-20-17(12)13/h1-9H,10-11H2. The van der Waals surface area contributed by atoms with Crippen LogP contribution in [0.2, 0.25) is 0 Å². The maximum Gasteiger partial charge on any atom is 0.124 e. The lowest BCUT2D eigenvalue weighted by Gasteiger charge is -2.11. The molecule has 3 rings (SSSR count). The predicted octanol–water partition coefficient (Wildman–Crippen LogP) is 5.32. The summed E-state index contributed by atoms with van der Waals surface area (Å²) in [6.07, 6.45) is 1.80. The average molecular weight is 363 g/mol. The van der Waals surface area contributed by atoms with Crippen LogP contribution in [0, 0.1) is 0 Å². The van der Waals surface area contributed by atoms with Crippen LogP contribution >= 0.6 is 27.5 Å². The highest BCUT2D eigenvalue weighted by molar-refractivity contribution is 9.10. The van der Waals surface area contributed by atoms with E-state index in [1.165, 1.54) is 0 Å². The van der Waals surface area contributed by atoms with Crippen molar-refractivity contribution >= 4 is 38.4 Å². The molecule has 106 valence electrons. The predicted molar refractivity (Wildman–Crippen MR) is 89.8 cm³/mol. The smallest absolute Gasteiger partial charge is 0.124 e. The van der Waals surface area contributed by atoms with Crippen molar-refractivity contribution in [3.63, 3.8) is 0 Å². The molecule has 0 amide bonds. The summed E-state index contributed by atoms with van der Waals surface area (Å²) >= 11 is 9.41. The number of nitrogens with zero attached hydrogens (tertiary/aromatic N) is 1. The lowest BCUT2D eigenvalue weighted by Crippen LogP contribution is -1.99. The largest absolute Gasteiger partial charge is 0.488 e. The second-order valence-electron chi connectivity index (χ2n) is 4.67.